The summed E-state index contributed by atoms with van der Waals surface area (Å²) in [6.45, 7) is 6.23. The number of amides is 1. The molecule has 0 aliphatic rings. The Labute approximate surface area is 73.8 Å². The lowest BCUT2D eigenvalue weighted by molar-refractivity contribution is -0.121. The number of nitrogens with zero attached hydrogens (tertiary/aromatic N) is 1. The molecule has 0 fully saturated rings. The normalized spacial score (nSPS) is 12.2. The maximum absolute atomic E-state index is 11.1. The smallest absolute Gasteiger partial charge is 0.220 e. The molecule has 0 radical (unpaired) electrons. The van der Waals surface area contributed by atoms with Gasteiger partial charge in [-0.15, -0.1) is 0 Å². The minimum absolute atomic E-state index is 0.0344. The predicted octanol–water partition coefficient (Wildman–Crippen LogP) is 1.31. The number of carbonyl (C=O) groups is 1. The van der Waals surface area contributed by atoms with Crippen LogP contribution < -0.4 is 5.32 Å². The van der Waals surface area contributed by atoms with Crippen LogP contribution >= 0.6 is 0 Å². The van der Waals surface area contributed by atoms with Crippen molar-refractivity contribution in [2.45, 2.75) is 27.2 Å². The largest absolute Gasteiger partial charge is 0.355 e. The Hall–Kier alpha value is -1.04. The molecular formula is C9H16N2O. The molecule has 0 rings (SSSR count). The second-order valence-corrected chi connectivity index (χ2v) is 3.43. The minimum atomic E-state index is -0.0962. The zero-order valence-corrected chi connectivity index (χ0v) is 7.92. The molecule has 3 heteroatoms. The van der Waals surface area contributed by atoms with E-state index >= 15 is 0 Å². The van der Waals surface area contributed by atoms with E-state index in [0.29, 0.717) is 18.9 Å². The van der Waals surface area contributed by atoms with E-state index in [9.17, 15) is 4.79 Å². The maximum Gasteiger partial charge on any atom is 0.220 e. The van der Waals surface area contributed by atoms with Gasteiger partial charge in [0.1, 0.15) is 0 Å². The highest BCUT2D eigenvalue weighted by Gasteiger charge is 2.05. The van der Waals surface area contributed by atoms with Crippen LogP contribution in [0.25, 0.3) is 0 Å². The first kappa shape index (κ1) is 11.0. The summed E-state index contributed by atoms with van der Waals surface area (Å²) >= 11 is 0. The standard InChI is InChI=1S/C9H16N2O/c1-7(2)4-9(12)11-6-8(3)5-10/h7-8H,4,6H2,1-3H3,(H,11,12). The van der Waals surface area contributed by atoms with Crippen molar-refractivity contribution < 1.29 is 4.79 Å². The van der Waals surface area contributed by atoms with Crippen LogP contribution in [0.1, 0.15) is 27.2 Å². The van der Waals surface area contributed by atoms with Crippen molar-refractivity contribution in [3.8, 4) is 6.07 Å². The van der Waals surface area contributed by atoms with Gasteiger partial charge < -0.3 is 5.32 Å². The topological polar surface area (TPSA) is 52.9 Å². The minimum Gasteiger partial charge on any atom is -0.355 e. The van der Waals surface area contributed by atoms with Gasteiger partial charge in [0.15, 0.2) is 0 Å². The quantitative estimate of drug-likeness (QED) is 0.688. The van der Waals surface area contributed by atoms with Gasteiger partial charge in [-0.05, 0) is 12.8 Å². The number of hydrogen-bond donors (Lipinski definition) is 1. The van der Waals surface area contributed by atoms with Crippen molar-refractivity contribution in [2.75, 3.05) is 6.54 Å². The highest BCUT2D eigenvalue weighted by molar-refractivity contribution is 5.76. The first-order chi connectivity index (χ1) is 5.56. The molecule has 12 heavy (non-hydrogen) atoms. The van der Waals surface area contributed by atoms with Gasteiger partial charge in [-0.25, -0.2) is 0 Å². The van der Waals surface area contributed by atoms with Gasteiger partial charge in [0, 0.05) is 13.0 Å². The summed E-state index contributed by atoms with van der Waals surface area (Å²) in [5.74, 6) is 0.315. The molecule has 0 spiro atoms. The zero-order valence-electron chi connectivity index (χ0n) is 7.92. The van der Waals surface area contributed by atoms with Gasteiger partial charge in [0.25, 0.3) is 0 Å². The summed E-state index contributed by atoms with van der Waals surface area (Å²) in [5, 5.41) is 11.1. The van der Waals surface area contributed by atoms with Crippen molar-refractivity contribution in [3.63, 3.8) is 0 Å². The summed E-state index contributed by atoms with van der Waals surface area (Å²) in [7, 11) is 0. The van der Waals surface area contributed by atoms with Gasteiger partial charge in [0.2, 0.25) is 5.91 Å². The Morgan fingerprint density at radius 2 is 2.08 bits per heavy atom. The SMILES string of the molecule is CC(C)CC(=O)NCC(C)C#N. The number of nitriles is 1. The molecule has 3 nitrogen and oxygen atoms in total. The van der Waals surface area contributed by atoms with E-state index in [1.165, 1.54) is 0 Å². The molecule has 0 aliphatic heterocycles. The molecule has 0 aromatic carbocycles. The molecule has 0 aliphatic carbocycles. The van der Waals surface area contributed by atoms with Crippen molar-refractivity contribution in [3.05, 3.63) is 0 Å². The molecule has 0 heterocycles. The number of hydrogen-bond acceptors (Lipinski definition) is 2. The van der Waals surface area contributed by atoms with Crippen LogP contribution in [0.3, 0.4) is 0 Å². The fourth-order valence-corrected chi connectivity index (χ4v) is 0.756. The van der Waals surface area contributed by atoms with Crippen molar-refractivity contribution in [2.24, 2.45) is 11.8 Å². The average Bonchev–Trinajstić information content (AvgIpc) is 1.99. The summed E-state index contributed by atoms with van der Waals surface area (Å²) in [4.78, 5) is 11.1. The molecule has 0 aromatic heterocycles. The van der Waals surface area contributed by atoms with Crippen molar-refractivity contribution >= 4 is 5.91 Å². The summed E-state index contributed by atoms with van der Waals surface area (Å²) < 4.78 is 0. The number of nitrogens with one attached hydrogen (secondary N) is 1. The second-order valence-electron chi connectivity index (χ2n) is 3.43. The van der Waals surface area contributed by atoms with Crippen molar-refractivity contribution in [1.29, 1.82) is 5.26 Å². The van der Waals surface area contributed by atoms with Crippen molar-refractivity contribution in [1.82, 2.24) is 5.32 Å². The van der Waals surface area contributed by atoms with Crippen LogP contribution in [0.2, 0.25) is 0 Å². The lowest BCUT2D eigenvalue weighted by atomic mass is 10.1. The molecule has 0 saturated heterocycles. The first-order valence-corrected chi connectivity index (χ1v) is 4.22. The Bertz CT molecular complexity index is 181. The van der Waals surface area contributed by atoms with Gasteiger partial charge in [0.05, 0.1) is 12.0 Å². The Morgan fingerprint density at radius 1 is 1.50 bits per heavy atom. The van der Waals surface area contributed by atoms with E-state index in [1.54, 1.807) is 6.92 Å². The van der Waals surface area contributed by atoms with Crippen LogP contribution in [-0.2, 0) is 4.79 Å². The molecule has 0 aromatic rings. The van der Waals surface area contributed by atoms with E-state index in [-0.39, 0.29) is 11.8 Å². The van der Waals surface area contributed by atoms with Crippen LogP contribution in [0.4, 0.5) is 0 Å². The summed E-state index contributed by atoms with van der Waals surface area (Å²) in [5.41, 5.74) is 0. The summed E-state index contributed by atoms with van der Waals surface area (Å²) in [6.07, 6.45) is 0.540. The van der Waals surface area contributed by atoms with Gasteiger partial charge >= 0.3 is 0 Å². The van der Waals surface area contributed by atoms with Gasteiger partial charge in [-0.2, -0.15) is 5.26 Å². The highest BCUT2D eigenvalue weighted by atomic mass is 16.1. The average molecular weight is 168 g/mol. The predicted molar refractivity (Wildman–Crippen MR) is 47.2 cm³/mol. The third-order valence-electron chi connectivity index (χ3n) is 1.42. The molecule has 1 unspecified atom stereocenters. The Morgan fingerprint density at radius 3 is 2.50 bits per heavy atom. The van der Waals surface area contributed by atoms with E-state index in [2.05, 4.69) is 11.4 Å². The van der Waals surface area contributed by atoms with Gasteiger partial charge in [-0.3, -0.25) is 4.79 Å². The maximum atomic E-state index is 11.1. The Kier molecular flexibility index (Phi) is 5.11. The van der Waals surface area contributed by atoms with Crippen LogP contribution in [0.15, 0.2) is 0 Å². The fourth-order valence-electron chi connectivity index (χ4n) is 0.756. The zero-order chi connectivity index (χ0) is 9.56. The van der Waals surface area contributed by atoms with Gasteiger partial charge in [-0.1, -0.05) is 13.8 Å². The molecule has 0 bridgehead atoms. The molecular weight excluding hydrogens is 152 g/mol. The summed E-state index contributed by atoms with van der Waals surface area (Å²) in [6, 6.07) is 2.06. The fraction of sp³-hybridized carbons (Fsp3) is 0.778. The van der Waals surface area contributed by atoms with Crippen LogP contribution in [-0.4, -0.2) is 12.5 Å². The third-order valence-corrected chi connectivity index (χ3v) is 1.42. The molecule has 68 valence electrons. The van der Waals surface area contributed by atoms with E-state index in [0.717, 1.165) is 0 Å². The van der Waals surface area contributed by atoms with Crippen LogP contribution in [0, 0.1) is 23.2 Å². The molecule has 1 amide bonds. The van der Waals surface area contributed by atoms with E-state index < -0.39 is 0 Å². The monoisotopic (exact) mass is 168 g/mol. The van der Waals surface area contributed by atoms with Crippen LogP contribution in [0.5, 0.6) is 0 Å². The molecule has 1 N–H and O–H groups in total. The lowest BCUT2D eigenvalue weighted by Crippen LogP contribution is -2.28. The highest BCUT2D eigenvalue weighted by Crippen LogP contribution is 1.98. The molecule has 0 saturated carbocycles. The Balaban J connectivity index is 3.52. The third kappa shape index (κ3) is 5.72. The molecule has 1 atom stereocenters. The lowest BCUT2D eigenvalue weighted by Gasteiger charge is -2.07. The second kappa shape index (κ2) is 5.59. The first-order valence-electron chi connectivity index (χ1n) is 4.22. The van der Waals surface area contributed by atoms with E-state index in [1.807, 2.05) is 13.8 Å². The van der Waals surface area contributed by atoms with E-state index in [4.69, 9.17) is 5.26 Å². The number of rotatable bonds is 4. The number of carbonyl (C=O) groups excluding carboxylic acids is 1.